The van der Waals surface area contributed by atoms with E-state index in [1.54, 1.807) is 0 Å². The first kappa shape index (κ1) is 12.9. The molecule has 2 heteroatoms. The molecular formula is C11H25NSi. The fourth-order valence-corrected chi connectivity index (χ4v) is 4.24. The van der Waals surface area contributed by atoms with Gasteiger partial charge >= 0.3 is 0 Å². The number of hydrogen-bond donors (Lipinski definition) is 0. The van der Waals surface area contributed by atoms with Gasteiger partial charge in [-0.1, -0.05) is 25.2 Å². The van der Waals surface area contributed by atoms with E-state index in [9.17, 15) is 0 Å². The summed E-state index contributed by atoms with van der Waals surface area (Å²) < 4.78 is 0. The van der Waals surface area contributed by atoms with E-state index >= 15 is 0 Å². The van der Waals surface area contributed by atoms with Crippen molar-refractivity contribution in [2.75, 3.05) is 7.05 Å². The summed E-state index contributed by atoms with van der Waals surface area (Å²) in [7, 11) is 1.54. The molecular weight excluding hydrogens is 174 g/mol. The van der Waals surface area contributed by atoms with E-state index in [1.807, 2.05) is 0 Å². The van der Waals surface area contributed by atoms with Gasteiger partial charge in [0, 0.05) is 11.2 Å². The molecule has 0 aliphatic rings. The number of nitrogens with zero attached hydrogens (tertiary/aromatic N) is 1. The highest BCUT2D eigenvalue weighted by Gasteiger charge is 2.28. The van der Waals surface area contributed by atoms with Gasteiger partial charge in [-0.2, -0.15) is 0 Å². The Morgan fingerprint density at radius 1 is 1.31 bits per heavy atom. The Bertz CT molecular complexity index is 179. The van der Waals surface area contributed by atoms with E-state index in [0.29, 0.717) is 5.67 Å². The van der Waals surface area contributed by atoms with Gasteiger partial charge in [0.2, 0.25) is 0 Å². The van der Waals surface area contributed by atoms with Gasteiger partial charge in [0.05, 0.1) is 8.80 Å². The van der Waals surface area contributed by atoms with Crippen LogP contribution < -0.4 is 0 Å². The van der Waals surface area contributed by atoms with Crippen LogP contribution in [-0.4, -0.2) is 31.9 Å². The lowest BCUT2D eigenvalue weighted by atomic mass is 10.1. The largest absolute Gasteiger partial charge is 0.298 e. The average Bonchev–Trinajstić information content (AvgIpc) is 1.82. The van der Waals surface area contributed by atoms with Crippen LogP contribution in [-0.2, 0) is 0 Å². The Labute approximate surface area is 85.4 Å². The zero-order valence-corrected chi connectivity index (χ0v) is 11.5. The van der Waals surface area contributed by atoms with Crippen LogP contribution in [0.25, 0.3) is 0 Å². The van der Waals surface area contributed by atoms with Gasteiger partial charge in [0.15, 0.2) is 0 Å². The van der Waals surface area contributed by atoms with Crippen molar-refractivity contribution in [2.24, 2.45) is 0 Å². The third-order valence-corrected chi connectivity index (χ3v) is 4.89. The molecule has 0 radical (unpaired) electrons. The minimum Gasteiger partial charge on any atom is -0.298 e. The molecule has 0 aromatic heterocycles. The van der Waals surface area contributed by atoms with Crippen molar-refractivity contribution in [2.45, 2.75) is 52.0 Å². The molecule has 78 valence electrons. The monoisotopic (exact) mass is 199 g/mol. The molecule has 0 aromatic carbocycles. The van der Waals surface area contributed by atoms with E-state index < -0.39 is 8.80 Å². The highest BCUT2D eigenvalue weighted by molar-refractivity contribution is 6.58. The fourth-order valence-electron chi connectivity index (χ4n) is 1.76. The normalized spacial score (nSPS) is 15.2. The molecule has 0 fully saturated rings. The summed E-state index contributed by atoms with van der Waals surface area (Å²) in [5, 5.41) is 0. The predicted molar refractivity (Wildman–Crippen MR) is 65.0 cm³/mol. The summed E-state index contributed by atoms with van der Waals surface area (Å²) in [6, 6.07) is 0. The second kappa shape index (κ2) is 4.42. The molecule has 1 atom stereocenters. The second-order valence-corrected chi connectivity index (χ2v) is 8.44. The van der Waals surface area contributed by atoms with E-state index in [0.717, 1.165) is 0 Å². The highest BCUT2D eigenvalue weighted by atomic mass is 28.3. The average molecular weight is 199 g/mol. The van der Waals surface area contributed by atoms with E-state index in [2.05, 4.69) is 59.3 Å². The molecule has 0 bridgehead atoms. The predicted octanol–water partition coefficient (Wildman–Crippen LogP) is 2.69. The van der Waals surface area contributed by atoms with Gasteiger partial charge in [-0.15, -0.1) is 0 Å². The quantitative estimate of drug-likeness (QED) is 0.499. The van der Waals surface area contributed by atoms with Crippen LogP contribution in [0.3, 0.4) is 0 Å². The maximum Gasteiger partial charge on any atom is 0.0560 e. The molecule has 0 heterocycles. The maximum atomic E-state index is 4.10. The third kappa shape index (κ3) is 3.65. The Morgan fingerprint density at radius 3 is 1.77 bits per heavy atom. The van der Waals surface area contributed by atoms with Crippen LogP contribution in [0, 0.1) is 0 Å². The summed E-state index contributed by atoms with van der Waals surface area (Å²) in [4.78, 5) is 2.46. The van der Waals surface area contributed by atoms with Crippen molar-refractivity contribution >= 4 is 8.80 Å². The number of likely N-dealkylation sites (N-methyl/N-ethyl adjacent to an activating group) is 1. The lowest BCUT2D eigenvalue weighted by Crippen LogP contribution is -2.51. The molecule has 0 aliphatic carbocycles. The van der Waals surface area contributed by atoms with Gasteiger partial charge in [-0.3, -0.25) is 4.90 Å². The summed E-state index contributed by atoms with van der Waals surface area (Å²) in [6.45, 7) is 17.8. The van der Waals surface area contributed by atoms with Crippen LogP contribution in [0.5, 0.6) is 0 Å². The molecule has 0 N–H and O–H groups in total. The number of rotatable bonds is 3. The molecule has 1 nitrogen and oxygen atoms in total. The van der Waals surface area contributed by atoms with Crippen LogP contribution >= 0.6 is 0 Å². The summed E-state index contributed by atoms with van der Waals surface area (Å²) in [5.74, 6) is 0. The van der Waals surface area contributed by atoms with Gasteiger partial charge in [0.25, 0.3) is 0 Å². The Kier molecular flexibility index (Phi) is 4.40. The van der Waals surface area contributed by atoms with Crippen molar-refractivity contribution < 1.29 is 0 Å². The smallest absolute Gasteiger partial charge is 0.0560 e. The Hall–Kier alpha value is -0.0831. The molecule has 0 spiro atoms. The van der Waals surface area contributed by atoms with Crippen molar-refractivity contribution in [3.8, 4) is 0 Å². The topological polar surface area (TPSA) is 3.24 Å². The number of hydrogen-bond acceptors (Lipinski definition) is 1. The third-order valence-electron chi connectivity index (χ3n) is 2.61. The zero-order chi connectivity index (χ0) is 10.8. The van der Waals surface area contributed by atoms with Crippen LogP contribution in [0.1, 0.15) is 27.7 Å². The van der Waals surface area contributed by atoms with E-state index in [1.165, 1.54) is 5.57 Å². The van der Waals surface area contributed by atoms with Crippen LogP contribution in [0.4, 0.5) is 0 Å². The van der Waals surface area contributed by atoms with Gasteiger partial charge < -0.3 is 0 Å². The lowest BCUT2D eigenvalue weighted by molar-refractivity contribution is 0.169. The molecule has 1 unspecified atom stereocenters. The summed E-state index contributed by atoms with van der Waals surface area (Å²) in [5.41, 5.74) is 2.19. The van der Waals surface area contributed by atoms with Gasteiger partial charge in [-0.05, 0) is 34.7 Å². The minimum absolute atomic E-state index is 0.251. The minimum atomic E-state index is -0.675. The first-order valence-corrected chi connectivity index (χ1v) is 8.04. The first-order chi connectivity index (χ1) is 5.68. The molecule has 0 saturated carbocycles. The van der Waals surface area contributed by atoms with Crippen LogP contribution in [0.2, 0.25) is 13.1 Å². The van der Waals surface area contributed by atoms with Gasteiger partial charge in [0.1, 0.15) is 0 Å². The Morgan fingerprint density at radius 2 is 1.69 bits per heavy atom. The molecule has 0 aromatic rings. The molecule has 0 aliphatic heterocycles. The highest BCUT2D eigenvalue weighted by Crippen LogP contribution is 2.20. The van der Waals surface area contributed by atoms with Gasteiger partial charge in [-0.25, -0.2) is 0 Å². The summed E-state index contributed by atoms with van der Waals surface area (Å²) in [6.07, 6.45) is 0. The second-order valence-electron chi connectivity index (χ2n) is 5.32. The molecule has 0 amide bonds. The van der Waals surface area contributed by atoms with Crippen LogP contribution in [0.15, 0.2) is 12.2 Å². The maximum absolute atomic E-state index is 4.10. The first-order valence-electron chi connectivity index (χ1n) is 5.06. The zero-order valence-electron chi connectivity index (χ0n) is 10.3. The van der Waals surface area contributed by atoms with E-state index in [-0.39, 0.29) is 5.54 Å². The standard InChI is InChI=1S/C11H25NSi/c1-9(2)10(13(7)8)12(6)11(3,4)5/h10,13H,1H2,2-8H3. The molecule has 13 heavy (non-hydrogen) atoms. The van der Waals surface area contributed by atoms with E-state index in [4.69, 9.17) is 0 Å². The van der Waals surface area contributed by atoms with Crippen molar-refractivity contribution in [1.29, 1.82) is 0 Å². The van der Waals surface area contributed by atoms with Crippen molar-refractivity contribution in [1.82, 2.24) is 4.90 Å². The molecule has 0 saturated heterocycles. The van der Waals surface area contributed by atoms with Crippen molar-refractivity contribution in [3.05, 3.63) is 12.2 Å². The lowest BCUT2D eigenvalue weighted by Gasteiger charge is -2.41. The Balaban J connectivity index is 4.67. The van der Waals surface area contributed by atoms with Crippen molar-refractivity contribution in [3.63, 3.8) is 0 Å². The summed E-state index contributed by atoms with van der Waals surface area (Å²) >= 11 is 0. The fraction of sp³-hybridized carbons (Fsp3) is 0.818. The molecule has 0 rings (SSSR count). The SMILES string of the molecule is C=C(C)C(N(C)C(C)(C)C)[SiH](C)C.